The molecule has 0 heterocycles. The van der Waals surface area contributed by atoms with Crippen molar-refractivity contribution < 1.29 is 17.9 Å². The van der Waals surface area contributed by atoms with E-state index < -0.39 is 16.1 Å². The van der Waals surface area contributed by atoms with Crippen LogP contribution in [0.2, 0.25) is 0 Å². The second-order valence-electron chi connectivity index (χ2n) is 5.23. The smallest absolute Gasteiger partial charge is 0.241 e. The molecule has 0 spiro atoms. The molecule has 0 aliphatic rings. The lowest BCUT2D eigenvalue weighted by atomic mass is 10.1. The first-order valence-electron chi connectivity index (χ1n) is 7.94. The Kier molecular flexibility index (Phi) is 6.23. The van der Waals surface area contributed by atoms with E-state index in [1.165, 1.54) is 0 Å². The van der Waals surface area contributed by atoms with E-state index >= 15 is 0 Å². The lowest BCUT2D eigenvalue weighted by Gasteiger charge is -2.17. The Hall–Kier alpha value is -2.05. The molecule has 130 valence electrons. The number of rotatable bonds is 8. The summed E-state index contributed by atoms with van der Waals surface area (Å²) >= 11 is 0. The molecule has 0 bridgehead atoms. The molecule has 1 atom stereocenters. The fraction of sp³-hybridized carbons (Fsp3) is 0.333. The molecule has 2 aromatic carbocycles. The van der Waals surface area contributed by atoms with E-state index in [1.54, 1.807) is 43.3 Å². The van der Waals surface area contributed by atoms with Gasteiger partial charge in [-0.3, -0.25) is 0 Å². The Morgan fingerprint density at radius 3 is 2.21 bits per heavy atom. The van der Waals surface area contributed by atoms with Gasteiger partial charge >= 0.3 is 0 Å². The summed E-state index contributed by atoms with van der Waals surface area (Å²) < 4.78 is 38.7. The van der Waals surface area contributed by atoms with E-state index in [9.17, 15) is 8.42 Å². The zero-order chi connectivity index (χ0) is 17.6. The van der Waals surface area contributed by atoms with Crippen molar-refractivity contribution in [3.8, 4) is 11.5 Å². The number of nitrogens with one attached hydrogen (secondary N) is 1. The van der Waals surface area contributed by atoms with Crippen LogP contribution in [-0.4, -0.2) is 21.6 Å². The van der Waals surface area contributed by atoms with Gasteiger partial charge in [0.25, 0.3) is 0 Å². The van der Waals surface area contributed by atoms with Gasteiger partial charge in [0, 0.05) is 6.04 Å². The maximum Gasteiger partial charge on any atom is 0.241 e. The molecule has 0 saturated carbocycles. The highest BCUT2D eigenvalue weighted by atomic mass is 32.2. The van der Waals surface area contributed by atoms with Gasteiger partial charge in [-0.15, -0.1) is 0 Å². The standard InChI is InChI=1S/C18H23NO4S/c1-4-22-17-12-11-15(13-18(17)23-5-2)14(3)19-24(20,21)16-9-7-6-8-10-16/h6-14,19H,4-5H2,1-3H3/t14-/m0/s1. The van der Waals surface area contributed by atoms with Gasteiger partial charge in [0.2, 0.25) is 10.0 Å². The lowest BCUT2D eigenvalue weighted by molar-refractivity contribution is 0.287. The molecule has 0 aliphatic heterocycles. The van der Waals surface area contributed by atoms with Gasteiger partial charge in [-0.2, -0.15) is 0 Å². The minimum atomic E-state index is -3.58. The van der Waals surface area contributed by atoms with E-state index in [0.29, 0.717) is 24.7 Å². The maximum absolute atomic E-state index is 12.4. The van der Waals surface area contributed by atoms with Crippen LogP contribution in [0, 0.1) is 0 Å². The average molecular weight is 349 g/mol. The Morgan fingerprint density at radius 1 is 0.958 bits per heavy atom. The SMILES string of the molecule is CCOc1ccc([C@H](C)NS(=O)(=O)c2ccccc2)cc1OCC. The van der Waals surface area contributed by atoms with Crippen molar-refractivity contribution in [3.63, 3.8) is 0 Å². The quantitative estimate of drug-likeness (QED) is 0.792. The Bertz CT molecular complexity index is 760. The Morgan fingerprint density at radius 2 is 1.58 bits per heavy atom. The molecule has 0 aliphatic carbocycles. The maximum atomic E-state index is 12.4. The number of hydrogen-bond donors (Lipinski definition) is 1. The van der Waals surface area contributed by atoms with Gasteiger partial charge in [0.15, 0.2) is 11.5 Å². The monoisotopic (exact) mass is 349 g/mol. The van der Waals surface area contributed by atoms with Gasteiger partial charge in [-0.25, -0.2) is 13.1 Å². The van der Waals surface area contributed by atoms with Crippen LogP contribution in [0.25, 0.3) is 0 Å². The molecule has 0 radical (unpaired) electrons. The molecule has 0 amide bonds. The average Bonchev–Trinajstić information content (AvgIpc) is 2.57. The third kappa shape index (κ3) is 4.49. The van der Waals surface area contributed by atoms with Crippen molar-refractivity contribution in [3.05, 3.63) is 54.1 Å². The molecule has 0 unspecified atom stereocenters. The highest BCUT2D eigenvalue weighted by Gasteiger charge is 2.19. The van der Waals surface area contributed by atoms with Gasteiger partial charge in [-0.1, -0.05) is 24.3 Å². The van der Waals surface area contributed by atoms with E-state index in [0.717, 1.165) is 5.56 Å². The molecule has 2 rings (SSSR count). The minimum Gasteiger partial charge on any atom is -0.490 e. The number of benzene rings is 2. The molecule has 1 N–H and O–H groups in total. The Balaban J connectivity index is 2.23. The fourth-order valence-corrected chi connectivity index (χ4v) is 3.56. The highest BCUT2D eigenvalue weighted by molar-refractivity contribution is 7.89. The number of ether oxygens (including phenoxy) is 2. The van der Waals surface area contributed by atoms with Gasteiger partial charge in [0.05, 0.1) is 18.1 Å². The van der Waals surface area contributed by atoms with E-state index in [1.807, 2.05) is 26.0 Å². The summed E-state index contributed by atoms with van der Waals surface area (Å²) in [5.41, 5.74) is 0.807. The van der Waals surface area contributed by atoms with Crippen molar-refractivity contribution >= 4 is 10.0 Å². The molecule has 2 aromatic rings. The van der Waals surface area contributed by atoms with Crippen LogP contribution < -0.4 is 14.2 Å². The highest BCUT2D eigenvalue weighted by Crippen LogP contribution is 2.31. The number of sulfonamides is 1. The first-order chi connectivity index (χ1) is 11.5. The van der Waals surface area contributed by atoms with Crippen molar-refractivity contribution in [2.45, 2.75) is 31.7 Å². The fourth-order valence-electron chi connectivity index (χ4n) is 2.31. The largest absolute Gasteiger partial charge is 0.490 e. The van der Waals surface area contributed by atoms with Crippen LogP contribution >= 0.6 is 0 Å². The molecular weight excluding hydrogens is 326 g/mol. The molecule has 6 heteroatoms. The summed E-state index contributed by atoms with van der Waals surface area (Å²) in [4.78, 5) is 0.243. The van der Waals surface area contributed by atoms with Crippen LogP contribution in [0.1, 0.15) is 32.4 Å². The van der Waals surface area contributed by atoms with Gasteiger partial charge in [0.1, 0.15) is 0 Å². The molecule has 0 aromatic heterocycles. The topological polar surface area (TPSA) is 64.6 Å². The zero-order valence-electron chi connectivity index (χ0n) is 14.2. The summed E-state index contributed by atoms with van der Waals surface area (Å²) in [7, 11) is -3.58. The van der Waals surface area contributed by atoms with Crippen LogP contribution in [0.4, 0.5) is 0 Å². The van der Waals surface area contributed by atoms with E-state index in [4.69, 9.17) is 9.47 Å². The number of hydrogen-bond acceptors (Lipinski definition) is 4. The summed E-state index contributed by atoms with van der Waals surface area (Å²) in [5, 5.41) is 0. The third-order valence-electron chi connectivity index (χ3n) is 3.45. The second-order valence-corrected chi connectivity index (χ2v) is 6.94. The molecule has 5 nitrogen and oxygen atoms in total. The summed E-state index contributed by atoms with van der Waals surface area (Å²) in [6.45, 7) is 6.64. The molecule has 0 fully saturated rings. The van der Waals surface area contributed by atoms with Crippen molar-refractivity contribution in [2.75, 3.05) is 13.2 Å². The predicted octanol–water partition coefficient (Wildman–Crippen LogP) is 3.52. The third-order valence-corrected chi connectivity index (χ3v) is 5.01. The van der Waals surface area contributed by atoms with Crippen molar-refractivity contribution in [1.82, 2.24) is 4.72 Å². The minimum absolute atomic E-state index is 0.243. The summed E-state index contributed by atoms with van der Waals surface area (Å²) in [5.74, 6) is 1.27. The van der Waals surface area contributed by atoms with Gasteiger partial charge < -0.3 is 9.47 Å². The van der Waals surface area contributed by atoms with Gasteiger partial charge in [-0.05, 0) is 50.6 Å². The zero-order valence-corrected chi connectivity index (χ0v) is 15.0. The molecule has 24 heavy (non-hydrogen) atoms. The normalized spacial score (nSPS) is 12.6. The lowest BCUT2D eigenvalue weighted by Crippen LogP contribution is -2.26. The van der Waals surface area contributed by atoms with Crippen LogP contribution in [0.3, 0.4) is 0 Å². The van der Waals surface area contributed by atoms with E-state index in [-0.39, 0.29) is 4.90 Å². The summed E-state index contributed by atoms with van der Waals surface area (Å²) in [6, 6.07) is 13.4. The molecular formula is C18H23NO4S. The first-order valence-corrected chi connectivity index (χ1v) is 9.43. The van der Waals surface area contributed by atoms with Crippen LogP contribution in [0.5, 0.6) is 11.5 Å². The van der Waals surface area contributed by atoms with Crippen LogP contribution in [0.15, 0.2) is 53.4 Å². The van der Waals surface area contributed by atoms with E-state index in [2.05, 4.69) is 4.72 Å². The van der Waals surface area contributed by atoms with Crippen molar-refractivity contribution in [1.29, 1.82) is 0 Å². The Labute approximate surface area is 143 Å². The predicted molar refractivity (Wildman–Crippen MR) is 94.0 cm³/mol. The summed E-state index contributed by atoms with van der Waals surface area (Å²) in [6.07, 6.45) is 0. The molecule has 0 saturated heterocycles. The van der Waals surface area contributed by atoms with Crippen molar-refractivity contribution in [2.24, 2.45) is 0 Å². The van der Waals surface area contributed by atoms with Crippen LogP contribution in [-0.2, 0) is 10.0 Å². The second kappa shape index (κ2) is 8.17. The first kappa shape index (κ1) is 18.3.